The topological polar surface area (TPSA) is 96.0 Å². The zero-order valence-corrected chi connectivity index (χ0v) is 26.1. The summed E-state index contributed by atoms with van der Waals surface area (Å²) in [5.74, 6) is -0.700. The van der Waals surface area contributed by atoms with Crippen molar-refractivity contribution in [3.8, 4) is 5.75 Å². The molecule has 2 amide bonds. The second-order valence-electron chi connectivity index (χ2n) is 11.1. The van der Waals surface area contributed by atoms with Crippen molar-refractivity contribution in [3.63, 3.8) is 0 Å². The third-order valence-corrected chi connectivity index (χ3v) is 8.41. The van der Waals surface area contributed by atoms with E-state index < -0.39 is 34.1 Å². The number of methoxy groups -OCH3 is 1. The predicted molar refractivity (Wildman–Crippen MR) is 163 cm³/mol. The van der Waals surface area contributed by atoms with Crippen LogP contribution in [0.2, 0.25) is 5.02 Å². The van der Waals surface area contributed by atoms with Crippen molar-refractivity contribution >= 4 is 39.1 Å². The molecule has 1 unspecified atom stereocenters. The Balaban J connectivity index is 2.11. The summed E-state index contributed by atoms with van der Waals surface area (Å²) >= 11 is 6.28. The SMILES string of the molecule is COc1ccc(Cl)cc1N(CC(=O)N(Cc1cccc(C)c1)C(C)C(=O)NC(C)(C)C)S(=O)(=O)c1ccc(C)cc1. The van der Waals surface area contributed by atoms with Crippen molar-refractivity contribution in [3.05, 3.63) is 88.4 Å². The van der Waals surface area contributed by atoms with E-state index in [1.54, 1.807) is 31.2 Å². The second-order valence-corrected chi connectivity index (χ2v) is 13.4. The maximum atomic E-state index is 14.1. The number of carbonyl (C=O) groups is 2. The standard InChI is InChI=1S/C31H38ClN3O5S/c1-21-11-14-26(15-12-21)41(38,39)35(27-18-25(32)13-16-28(27)40-7)20-29(36)34(19-24-10-8-9-22(2)17-24)23(3)30(37)33-31(4,5)6/h8-18,23H,19-20H2,1-7H3,(H,33,37). The molecule has 1 atom stereocenters. The van der Waals surface area contributed by atoms with Crippen molar-refractivity contribution in [1.29, 1.82) is 0 Å². The van der Waals surface area contributed by atoms with Crippen LogP contribution in [0.5, 0.6) is 5.75 Å². The molecule has 3 aromatic carbocycles. The van der Waals surface area contributed by atoms with E-state index in [0.717, 1.165) is 21.0 Å². The molecule has 3 aromatic rings. The van der Waals surface area contributed by atoms with Crippen LogP contribution in [0.3, 0.4) is 0 Å². The van der Waals surface area contributed by atoms with E-state index in [-0.39, 0.29) is 33.8 Å². The Bertz CT molecular complexity index is 1500. The lowest BCUT2D eigenvalue weighted by Gasteiger charge is -2.33. The third kappa shape index (κ3) is 8.24. The molecule has 0 bridgehead atoms. The normalized spacial score (nSPS) is 12.4. The fourth-order valence-electron chi connectivity index (χ4n) is 4.27. The number of rotatable bonds is 10. The van der Waals surface area contributed by atoms with Gasteiger partial charge < -0.3 is 15.0 Å². The molecule has 3 rings (SSSR count). The molecule has 0 spiro atoms. The lowest BCUT2D eigenvalue weighted by atomic mass is 10.1. The molecule has 41 heavy (non-hydrogen) atoms. The van der Waals surface area contributed by atoms with E-state index in [1.165, 1.54) is 30.2 Å². The van der Waals surface area contributed by atoms with Gasteiger partial charge in [-0.3, -0.25) is 13.9 Å². The number of ether oxygens (including phenoxy) is 1. The molecular weight excluding hydrogens is 562 g/mol. The molecule has 0 aliphatic rings. The highest BCUT2D eigenvalue weighted by Crippen LogP contribution is 2.35. The van der Waals surface area contributed by atoms with Crippen LogP contribution in [0.4, 0.5) is 5.69 Å². The summed E-state index contributed by atoms with van der Waals surface area (Å²) < 4.78 is 34.6. The van der Waals surface area contributed by atoms with Gasteiger partial charge in [0.2, 0.25) is 11.8 Å². The van der Waals surface area contributed by atoms with Gasteiger partial charge in [-0.25, -0.2) is 8.42 Å². The zero-order chi connectivity index (χ0) is 30.5. The summed E-state index contributed by atoms with van der Waals surface area (Å²) in [6, 6.07) is 17.6. The first-order valence-electron chi connectivity index (χ1n) is 13.2. The van der Waals surface area contributed by atoms with Crippen LogP contribution in [-0.4, -0.2) is 50.4 Å². The number of anilines is 1. The Morgan fingerprint density at radius 2 is 1.63 bits per heavy atom. The van der Waals surface area contributed by atoms with Crippen molar-refractivity contribution in [2.45, 2.75) is 64.6 Å². The summed E-state index contributed by atoms with van der Waals surface area (Å²) in [5, 5.41) is 3.19. The highest BCUT2D eigenvalue weighted by atomic mass is 35.5. The van der Waals surface area contributed by atoms with E-state index in [0.29, 0.717) is 0 Å². The van der Waals surface area contributed by atoms with Gasteiger partial charge in [0.25, 0.3) is 10.0 Å². The molecule has 0 heterocycles. The van der Waals surface area contributed by atoms with Gasteiger partial charge >= 0.3 is 0 Å². The Kier molecular flexibility index (Phi) is 10.1. The van der Waals surface area contributed by atoms with E-state index in [1.807, 2.05) is 58.9 Å². The molecule has 8 nitrogen and oxygen atoms in total. The molecule has 10 heteroatoms. The molecular formula is C31H38ClN3O5S. The number of carbonyl (C=O) groups excluding carboxylic acids is 2. The van der Waals surface area contributed by atoms with Crippen LogP contribution < -0.4 is 14.4 Å². The lowest BCUT2D eigenvalue weighted by molar-refractivity contribution is -0.140. The fourth-order valence-corrected chi connectivity index (χ4v) is 5.86. The summed E-state index contributed by atoms with van der Waals surface area (Å²) in [6.45, 7) is 10.5. The summed E-state index contributed by atoms with van der Waals surface area (Å²) in [7, 11) is -2.85. The smallest absolute Gasteiger partial charge is 0.264 e. The van der Waals surface area contributed by atoms with E-state index >= 15 is 0 Å². The second kappa shape index (κ2) is 13.0. The number of amides is 2. The molecule has 0 aliphatic heterocycles. The number of nitrogens with zero attached hydrogens (tertiary/aromatic N) is 2. The van der Waals surface area contributed by atoms with E-state index in [4.69, 9.17) is 16.3 Å². The van der Waals surface area contributed by atoms with Crippen molar-refractivity contribution < 1.29 is 22.7 Å². The number of benzene rings is 3. The van der Waals surface area contributed by atoms with Gasteiger partial charge in [-0.2, -0.15) is 0 Å². The molecule has 0 saturated carbocycles. The average Bonchev–Trinajstić information content (AvgIpc) is 2.89. The zero-order valence-electron chi connectivity index (χ0n) is 24.6. The van der Waals surface area contributed by atoms with Crippen LogP contribution in [0.25, 0.3) is 0 Å². The number of hydrogen-bond acceptors (Lipinski definition) is 5. The van der Waals surface area contributed by atoms with Gasteiger partial charge in [0.05, 0.1) is 17.7 Å². The lowest BCUT2D eigenvalue weighted by Crippen LogP contribution is -2.54. The molecule has 0 saturated heterocycles. The van der Waals surface area contributed by atoms with Crippen LogP contribution in [0.15, 0.2) is 71.6 Å². The highest BCUT2D eigenvalue weighted by Gasteiger charge is 2.34. The van der Waals surface area contributed by atoms with Gasteiger partial charge in [-0.15, -0.1) is 0 Å². The number of aryl methyl sites for hydroxylation is 2. The predicted octanol–water partition coefficient (Wildman–Crippen LogP) is 5.49. The molecule has 1 N–H and O–H groups in total. The first kappa shape index (κ1) is 32.0. The number of sulfonamides is 1. The Labute approximate surface area is 248 Å². The Hall–Kier alpha value is -3.56. The third-order valence-electron chi connectivity index (χ3n) is 6.40. The number of nitrogens with one attached hydrogen (secondary N) is 1. The summed E-state index contributed by atoms with van der Waals surface area (Å²) in [6.07, 6.45) is 0. The Morgan fingerprint density at radius 1 is 0.976 bits per heavy atom. The molecule has 0 aliphatic carbocycles. The van der Waals surface area contributed by atoms with Crippen molar-refractivity contribution in [1.82, 2.24) is 10.2 Å². The first-order chi connectivity index (χ1) is 19.1. The molecule has 0 aromatic heterocycles. The fraction of sp³-hybridized carbons (Fsp3) is 0.355. The van der Waals surface area contributed by atoms with E-state index in [2.05, 4.69) is 5.32 Å². The van der Waals surface area contributed by atoms with Crippen LogP contribution >= 0.6 is 11.6 Å². The van der Waals surface area contributed by atoms with Crippen molar-refractivity contribution in [2.24, 2.45) is 0 Å². The maximum Gasteiger partial charge on any atom is 0.264 e. The minimum Gasteiger partial charge on any atom is -0.495 e. The van der Waals surface area contributed by atoms with Gasteiger partial charge in [-0.1, -0.05) is 59.1 Å². The number of hydrogen-bond donors (Lipinski definition) is 1. The van der Waals surface area contributed by atoms with Gasteiger partial charge in [0.15, 0.2) is 0 Å². The minimum atomic E-state index is -4.26. The van der Waals surface area contributed by atoms with Crippen LogP contribution in [-0.2, 0) is 26.2 Å². The van der Waals surface area contributed by atoms with Gasteiger partial charge in [-0.05, 0) is 77.4 Å². The van der Waals surface area contributed by atoms with E-state index in [9.17, 15) is 18.0 Å². The average molecular weight is 600 g/mol. The molecule has 0 fully saturated rings. The summed E-state index contributed by atoms with van der Waals surface area (Å²) in [5.41, 5.74) is 2.26. The van der Waals surface area contributed by atoms with Crippen LogP contribution in [0.1, 0.15) is 44.4 Å². The Morgan fingerprint density at radius 3 is 2.22 bits per heavy atom. The number of halogens is 1. The van der Waals surface area contributed by atoms with Crippen LogP contribution in [0, 0.1) is 13.8 Å². The highest BCUT2D eigenvalue weighted by molar-refractivity contribution is 7.92. The van der Waals surface area contributed by atoms with Gasteiger partial charge in [0.1, 0.15) is 18.3 Å². The van der Waals surface area contributed by atoms with Gasteiger partial charge in [0, 0.05) is 17.1 Å². The largest absolute Gasteiger partial charge is 0.495 e. The van der Waals surface area contributed by atoms with Crippen molar-refractivity contribution in [2.75, 3.05) is 18.0 Å². The molecule has 0 radical (unpaired) electrons. The minimum absolute atomic E-state index is 0.00156. The quantitative estimate of drug-likeness (QED) is 0.332. The monoisotopic (exact) mass is 599 g/mol. The maximum absolute atomic E-state index is 14.1. The summed E-state index contributed by atoms with van der Waals surface area (Å²) in [4.78, 5) is 28.7. The first-order valence-corrected chi connectivity index (χ1v) is 15.0. The molecule has 220 valence electrons.